The van der Waals surface area contributed by atoms with Crippen LogP contribution in [0, 0.1) is 0 Å². The number of hydrogen-bond donors (Lipinski definition) is 2. The number of para-hydroxylation sites is 1. The second kappa shape index (κ2) is 11.0. The summed E-state index contributed by atoms with van der Waals surface area (Å²) in [5.41, 5.74) is 1.96. The van der Waals surface area contributed by atoms with Gasteiger partial charge in [-0.1, -0.05) is 97.1 Å². The number of rotatable bonds is 5. The lowest BCUT2D eigenvalue weighted by molar-refractivity contribution is 0.0224. The molecule has 1 atom stereocenters. The minimum atomic E-state index is -1.34. The number of fused-ring (bicyclic) bond motifs is 6. The lowest BCUT2D eigenvalue weighted by Crippen LogP contribution is -2.33. The van der Waals surface area contributed by atoms with Crippen molar-refractivity contribution in [3.05, 3.63) is 167 Å². The van der Waals surface area contributed by atoms with Crippen molar-refractivity contribution in [3.8, 4) is 23.0 Å². The van der Waals surface area contributed by atoms with Crippen molar-refractivity contribution < 1.29 is 24.5 Å². The molecule has 0 bridgehead atoms. The molecular formula is C39H26NO5P. The fraction of sp³-hybridized carbons (Fsp3) is 0.0256. The highest BCUT2D eigenvalue weighted by Crippen LogP contribution is 2.58. The minimum absolute atomic E-state index is 0.00515. The molecule has 2 N–H and O–H groups in total. The Kier molecular flexibility index (Phi) is 6.66. The van der Waals surface area contributed by atoms with E-state index >= 15 is 0 Å². The normalized spacial score (nSPS) is 16.2. The Morgan fingerprint density at radius 1 is 0.674 bits per heavy atom. The monoisotopic (exact) mass is 619 g/mol. The van der Waals surface area contributed by atoms with Gasteiger partial charge in [-0.15, -0.1) is 0 Å². The SMILES string of the molecule is O=C1OC2(c3ccc(O)cc3Oc3c2ccc(O)c3C=Nc2ccccc2P(c2ccccc2)c2ccccc2)c2ccccc21. The third-order valence-electron chi connectivity index (χ3n) is 8.37. The van der Waals surface area contributed by atoms with Crippen LogP contribution in [-0.2, 0) is 10.3 Å². The molecule has 0 saturated heterocycles. The maximum absolute atomic E-state index is 13.2. The van der Waals surface area contributed by atoms with Crippen molar-refractivity contribution in [2.45, 2.75) is 5.60 Å². The van der Waals surface area contributed by atoms with Crippen LogP contribution in [0.3, 0.4) is 0 Å². The van der Waals surface area contributed by atoms with Crippen LogP contribution in [0.15, 0.2) is 145 Å². The Labute approximate surface area is 266 Å². The molecule has 0 amide bonds. The van der Waals surface area contributed by atoms with Gasteiger partial charge in [0, 0.05) is 34.3 Å². The molecule has 1 spiro atoms. The molecule has 0 radical (unpaired) electrons. The van der Waals surface area contributed by atoms with Crippen LogP contribution in [0.1, 0.15) is 32.6 Å². The van der Waals surface area contributed by atoms with Gasteiger partial charge in [-0.25, -0.2) is 4.79 Å². The van der Waals surface area contributed by atoms with E-state index in [0.717, 1.165) is 11.0 Å². The van der Waals surface area contributed by atoms with Crippen molar-refractivity contribution in [1.29, 1.82) is 0 Å². The average molecular weight is 620 g/mol. The lowest BCUT2D eigenvalue weighted by atomic mass is 9.77. The predicted molar refractivity (Wildman–Crippen MR) is 180 cm³/mol. The number of benzene rings is 6. The highest BCUT2D eigenvalue weighted by molar-refractivity contribution is 7.80. The van der Waals surface area contributed by atoms with Crippen molar-refractivity contribution in [1.82, 2.24) is 0 Å². The van der Waals surface area contributed by atoms with Gasteiger partial charge in [0.2, 0.25) is 0 Å². The van der Waals surface area contributed by atoms with E-state index in [1.54, 1.807) is 42.6 Å². The van der Waals surface area contributed by atoms with Crippen molar-refractivity contribution in [2.75, 3.05) is 0 Å². The fourth-order valence-electron chi connectivity index (χ4n) is 6.34. The fourth-order valence-corrected chi connectivity index (χ4v) is 8.73. The number of aromatic hydroxyl groups is 2. The molecule has 6 aromatic carbocycles. The van der Waals surface area contributed by atoms with Crippen molar-refractivity contribution in [2.24, 2.45) is 4.99 Å². The number of phenols is 2. The van der Waals surface area contributed by atoms with Gasteiger partial charge in [-0.05, 0) is 54.9 Å². The Morgan fingerprint density at radius 2 is 1.33 bits per heavy atom. The maximum atomic E-state index is 13.2. The zero-order valence-electron chi connectivity index (χ0n) is 24.4. The second-order valence-electron chi connectivity index (χ2n) is 11.0. The topological polar surface area (TPSA) is 88.4 Å². The van der Waals surface area contributed by atoms with E-state index in [0.29, 0.717) is 33.6 Å². The van der Waals surface area contributed by atoms with E-state index in [9.17, 15) is 15.0 Å². The first-order valence-electron chi connectivity index (χ1n) is 14.8. The number of aliphatic imine (C=N–C) groups is 1. The van der Waals surface area contributed by atoms with E-state index in [-0.39, 0.29) is 17.2 Å². The number of hydrogen-bond acceptors (Lipinski definition) is 6. The molecule has 2 aliphatic heterocycles. The Morgan fingerprint density at radius 3 is 2.09 bits per heavy atom. The van der Waals surface area contributed by atoms with Gasteiger partial charge in [0.15, 0.2) is 5.60 Å². The first-order chi connectivity index (χ1) is 22.5. The van der Waals surface area contributed by atoms with Crippen molar-refractivity contribution >= 4 is 41.7 Å². The summed E-state index contributed by atoms with van der Waals surface area (Å²) in [5.74, 6) is 0.0839. The van der Waals surface area contributed by atoms with Gasteiger partial charge in [-0.2, -0.15) is 0 Å². The smallest absolute Gasteiger partial charge is 0.340 e. The summed E-state index contributed by atoms with van der Waals surface area (Å²) in [6, 6.07) is 44.0. The Balaban J connectivity index is 1.30. The summed E-state index contributed by atoms with van der Waals surface area (Å²) in [4.78, 5) is 18.2. The number of ether oxygens (including phenoxy) is 2. The number of esters is 1. The summed E-state index contributed by atoms with van der Waals surface area (Å²) in [6.07, 6.45) is 1.60. The van der Waals surface area contributed by atoms with Gasteiger partial charge >= 0.3 is 5.97 Å². The van der Waals surface area contributed by atoms with Crippen LogP contribution in [0.4, 0.5) is 5.69 Å². The molecule has 8 rings (SSSR count). The van der Waals surface area contributed by atoms with E-state index < -0.39 is 19.5 Å². The molecule has 0 aromatic heterocycles. The highest BCUT2D eigenvalue weighted by atomic mass is 31.1. The molecule has 0 saturated carbocycles. The van der Waals surface area contributed by atoms with Gasteiger partial charge < -0.3 is 19.7 Å². The van der Waals surface area contributed by atoms with Crippen LogP contribution in [0.5, 0.6) is 23.0 Å². The molecule has 0 aliphatic carbocycles. The minimum Gasteiger partial charge on any atom is -0.508 e. The van der Waals surface area contributed by atoms with Crippen LogP contribution in [0.2, 0.25) is 0 Å². The standard InChI is InChI=1S/C39H26NO5P/c41-25-19-20-31-35(23-25)44-37-29(34(42)22-21-32(37)39(31)30-16-8-7-15-28(30)38(43)45-39)24-40-33-17-9-10-18-36(33)46(26-11-3-1-4-12-26)27-13-5-2-6-14-27/h1-24,41-42H. The number of carbonyl (C=O) groups excluding carboxylic acids is 1. The van der Waals surface area contributed by atoms with Gasteiger partial charge in [0.25, 0.3) is 0 Å². The molecule has 7 heteroatoms. The summed E-state index contributed by atoms with van der Waals surface area (Å²) in [6.45, 7) is 0. The molecule has 46 heavy (non-hydrogen) atoms. The van der Waals surface area contributed by atoms with Gasteiger partial charge in [0.1, 0.15) is 23.0 Å². The molecule has 2 aliphatic rings. The third kappa shape index (κ3) is 4.38. The van der Waals surface area contributed by atoms with Gasteiger partial charge in [0.05, 0.1) is 16.8 Å². The first kappa shape index (κ1) is 27.8. The third-order valence-corrected chi connectivity index (χ3v) is 10.9. The Bertz CT molecular complexity index is 2130. The van der Waals surface area contributed by atoms with Crippen LogP contribution in [0.25, 0.3) is 0 Å². The molecule has 6 aromatic rings. The lowest BCUT2D eigenvalue weighted by Gasteiger charge is -2.37. The molecule has 222 valence electrons. The molecule has 2 heterocycles. The predicted octanol–water partition coefficient (Wildman–Crippen LogP) is 7.17. The number of phenolic OH excluding ortho intramolecular Hbond substituents is 2. The van der Waals surface area contributed by atoms with Gasteiger partial charge in [-0.3, -0.25) is 4.99 Å². The van der Waals surface area contributed by atoms with E-state index in [2.05, 4.69) is 30.3 Å². The van der Waals surface area contributed by atoms with Crippen LogP contribution < -0.4 is 20.7 Å². The number of nitrogens with zero attached hydrogens (tertiary/aromatic N) is 1. The molecule has 0 fully saturated rings. The van der Waals surface area contributed by atoms with E-state index in [1.165, 1.54) is 16.7 Å². The zero-order chi connectivity index (χ0) is 31.3. The summed E-state index contributed by atoms with van der Waals surface area (Å²) in [5, 5.41) is 25.1. The Hall–Kier alpha value is -5.71. The summed E-state index contributed by atoms with van der Waals surface area (Å²) < 4.78 is 12.6. The molecular weight excluding hydrogens is 593 g/mol. The molecule has 6 nitrogen and oxygen atoms in total. The van der Waals surface area contributed by atoms with E-state index in [4.69, 9.17) is 14.5 Å². The highest BCUT2D eigenvalue weighted by Gasteiger charge is 2.54. The van der Waals surface area contributed by atoms with Crippen LogP contribution in [-0.4, -0.2) is 22.4 Å². The van der Waals surface area contributed by atoms with Crippen LogP contribution >= 0.6 is 7.92 Å². The van der Waals surface area contributed by atoms with Crippen molar-refractivity contribution in [3.63, 3.8) is 0 Å². The quantitative estimate of drug-likeness (QED) is 0.121. The number of carbonyl (C=O) groups is 1. The largest absolute Gasteiger partial charge is 0.508 e. The van der Waals surface area contributed by atoms with E-state index in [1.807, 2.05) is 66.7 Å². The summed E-state index contributed by atoms with van der Waals surface area (Å²) >= 11 is 0. The second-order valence-corrected chi connectivity index (χ2v) is 13.2. The zero-order valence-corrected chi connectivity index (χ0v) is 25.3. The first-order valence-corrected chi connectivity index (χ1v) is 16.1. The average Bonchev–Trinajstić information content (AvgIpc) is 3.38. The maximum Gasteiger partial charge on any atom is 0.340 e. The molecule has 1 unspecified atom stereocenters. The summed E-state index contributed by atoms with van der Waals surface area (Å²) in [7, 11) is -0.942.